The molecular formula is C20H22N4O. The van der Waals surface area contributed by atoms with Crippen LogP contribution >= 0.6 is 0 Å². The number of para-hydroxylation sites is 1. The maximum atomic E-state index is 12.1. The zero-order chi connectivity index (χ0) is 17.6. The van der Waals surface area contributed by atoms with Gasteiger partial charge in [0.2, 0.25) is 5.91 Å². The Kier molecular flexibility index (Phi) is 5.23. The molecule has 5 nitrogen and oxygen atoms in total. The molecule has 3 rings (SSSR count). The minimum atomic E-state index is 0.0290. The number of amides is 1. The predicted octanol–water partition coefficient (Wildman–Crippen LogP) is 4.08. The van der Waals surface area contributed by atoms with E-state index in [1.54, 1.807) is 6.33 Å². The van der Waals surface area contributed by atoms with Crippen LogP contribution in [0.25, 0.3) is 10.9 Å². The molecule has 1 amide bonds. The van der Waals surface area contributed by atoms with E-state index in [4.69, 9.17) is 0 Å². The Morgan fingerprint density at radius 1 is 1.08 bits per heavy atom. The molecule has 128 valence electrons. The molecule has 0 aliphatic rings. The van der Waals surface area contributed by atoms with Crippen LogP contribution in [0.2, 0.25) is 0 Å². The summed E-state index contributed by atoms with van der Waals surface area (Å²) in [6.45, 7) is 4.73. The fourth-order valence-corrected chi connectivity index (χ4v) is 2.77. The van der Waals surface area contributed by atoms with Crippen molar-refractivity contribution < 1.29 is 4.79 Å². The molecule has 0 spiro atoms. The van der Waals surface area contributed by atoms with Gasteiger partial charge in [-0.1, -0.05) is 29.8 Å². The minimum Gasteiger partial charge on any atom is -0.369 e. The lowest BCUT2D eigenvalue weighted by molar-refractivity contribution is -0.116. The number of aromatic nitrogens is 2. The number of benzene rings is 2. The van der Waals surface area contributed by atoms with Crippen LogP contribution in [-0.4, -0.2) is 22.4 Å². The Hall–Kier alpha value is -2.95. The van der Waals surface area contributed by atoms with E-state index in [-0.39, 0.29) is 5.91 Å². The van der Waals surface area contributed by atoms with E-state index >= 15 is 0 Å². The third-order valence-corrected chi connectivity index (χ3v) is 4.07. The largest absolute Gasteiger partial charge is 0.369 e. The Labute approximate surface area is 147 Å². The molecule has 25 heavy (non-hydrogen) atoms. The Bertz CT molecular complexity index is 887. The van der Waals surface area contributed by atoms with Crippen LogP contribution in [0.5, 0.6) is 0 Å². The van der Waals surface area contributed by atoms with Gasteiger partial charge in [0.05, 0.1) is 5.52 Å². The molecular weight excluding hydrogens is 312 g/mol. The van der Waals surface area contributed by atoms with E-state index in [1.165, 1.54) is 5.56 Å². The first kappa shape index (κ1) is 16.9. The monoisotopic (exact) mass is 334 g/mol. The predicted molar refractivity (Wildman–Crippen MR) is 102 cm³/mol. The highest BCUT2D eigenvalue weighted by molar-refractivity contribution is 5.91. The normalized spacial score (nSPS) is 10.6. The van der Waals surface area contributed by atoms with Crippen molar-refractivity contribution in [2.24, 2.45) is 0 Å². The summed E-state index contributed by atoms with van der Waals surface area (Å²) >= 11 is 0. The van der Waals surface area contributed by atoms with Crippen molar-refractivity contribution in [3.63, 3.8) is 0 Å². The molecule has 0 unspecified atom stereocenters. The smallest absolute Gasteiger partial charge is 0.224 e. The van der Waals surface area contributed by atoms with Crippen molar-refractivity contribution >= 4 is 28.3 Å². The van der Waals surface area contributed by atoms with E-state index in [0.717, 1.165) is 34.4 Å². The summed E-state index contributed by atoms with van der Waals surface area (Å²) in [4.78, 5) is 20.6. The summed E-state index contributed by atoms with van der Waals surface area (Å²) in [7, 11) is 0. The lowest BCUT2D eigenvalue weighted by Crippen LogP contribution is -2.14. The molecule has 2 N–H and O–H groups in total. The second-order valence-electron chi connectivity index (χ2n) is 6.14. The molecule has 0 saturated heterocycles. The summed E-state index contributed by atoms with van der Waals surface area (Å²) < 4.78 is 0. The van der Waals surface area contributed by atoms with Gasteiger partial charge in [0, 0.05) is 24.0 Å². The fourth-order valence-electron chi connectivity index (χ4n) is 2.77. The van der Waals surface area contributed by atoms with Gasteiger partial charge in [-0.3, -0.25) is 4.79 Å². The third-order valence-electron chi connectivity index (χ3n) is 4.07. The van der Waals surface area contributed by atoms with Crippen LogP contribution in [0, 0.1) is 13.8 Å². The van der Waals surface area contributed by atoms with E-state index in [9.17, 15) is 4.79 Å². The van der Waals surface area contributed by atoms with Crippen LogP contribution in [0.3, 0.4) is 0 Å². The van der Waals surface area contributed by atoms with Crippen molar-refractivity contribution in [2.45, 2.75) is 26.7 Å². The molecule has 0 radical (unpaired) electrons. The molecule has 3 aromatic rings. The highest BCUT2D eigenvalue weighted by atomic mass is 16.1. The van der Waals surface area contributed by atoms with E-state index < -0.39 is 0 Å². The van der Waals surface area contributed by atoms with Crippen LogP contribution in [0.15, 0.2) is 48.8 Å². The van der Waals surface area contributed by atoms with Crippen molar-refractivity contribution in [1.29, 1.82) is 0 Å². The topological polar surface area (TPSA) is 66.9 Å². The number of carbonyl (C=O) groups excluding carboxylic acids is 1. The van der Waals surface area contributed by atoms with E-state index in [2.05, 4.69) is 26.7 Å². The van der Waals surface area contributed by atoms with Crippen molar-refractivity contribution in [3.8, 4) is 0 Å². The van der Waals surface area contributed by atoms with E-state index in [1.807, 2.05) is 50.2 Å². The first-order valence-corrected chi connectivity index (χ1v) is 8.44. The van der Waals surface area contributed by atoms with Crippen LogP contribution < -0.4 is 10.6 Å². The van der Waals surface area contributed by atoms with E-state index in [0.29, 0.717) is 13.0 Å². The number of nitrogens with zero attached hydrogens (tertiary/aromatic N) is 2. The average molecular weight is 334 g/mol. The van der Waals surface area contributed by atoms with Gasteiger partial charge in [-0.15, -0.1) is 0 Å². The quantitative estimate of drug-likeness (QED) is 0.667. The summed E-state index contributed by atoms with van der Waals surface area (Å²) in [5, 5.41) is 7.26. The number of hydrogen-bond donors (Lipinski definition) is 2. The van der Waals surface area contributed by atoms with Gasteiger partial charge in [0.1, 0.15) is 12.1 Å². The van der Waals surface area contributed by atoms with Crippen LogP contribution in [0.4, 0.5) is 11.5 Å². The van der Waals surface area contributed by atoms with Crippen LogP contribution in [0.1, 0.15) is 24.0 Å². The maximum absolute atomic E-state index is 12.1. The molecule has 1 aromatic heterocycles. The van der Waals surface area contributed by atoms with Gasteiger partial charge >= 0.3 is 0 Å². The second kappa shape index (κ2) is 7.75. The number of fused-ring (bicyclic) bond motifs is 1. The number of rotatable bonds is 6. The highest BCUT2D eigenvalue weighted by Gasteiger charge is 2.06. The number of carbonyl (C=O) groups is 1. The number of nitrogens with one attached hydrogen (secondary N) is 2. The summed E-state index contributed by atoms with van der Waals surface area (Å²) in [5.41, 5.74) is 4.06. The molecule has 5 heteroatoms. The number of hydrogen-bond acceptors (Lipinski definition) is 4. The molecule has 0 atom stereocenters. The van der Waals surface area contributed by atoms with Crippen LogP contribution in [-0.2, 0) is 4.79 Å². The fraction of sp³-hybridized carbons (Fsp3) is 0.250. The maximum Gasteiger partial charge on any atom is 0.224 e. The summed E-state index contributed by atoms with van der Waals surface area (Å²) in [5.74, 6) is 0.835. The molecule has 0 bridgehead atoms. The van der Waals surface area contributed by atoms with Crippen molar-refractivity contribution in [3.05, 3.63) is 59.9 Å². The van der Waals surface area contributed by atoms with Gasteiger partial charge in [-0.2, -0.15) is 0 Å². The highest BCUT2D eigenvalue weighted by Crippen LogP contribution is 2.19. The molecule has 0 saturated carbocycles. The SMILES string of the molecule is Cc1ccc(NC(=O)CCCNc2ncnc3ccccc23)c(C)c1. The zero-order valence-corrected chi connectivity index (χ0v) is 14.5. The Morgan fingerprint density at radius 2 is 1.92 bits per heavy atom. The summed E-state index contributed by atoms with van der Waals surface area (Å²) in [6, 6.07) is 13.9. The molecule has 1 heterocycles. The minimum absolute atomic E-state index is 0.0290. The first-order valence-electron chi connectivity index (χ1n) is 8.44. The molecule has 2 aromatic carbocycles. The standard InChI is InChI=1S/C20H22N4O/c1-14-9-10-17(15(2)12-14)24-19(25)8-5-11-21-20-16-6-3-4-7-18(16)22-13-23-20/h3-4,6-7,9-10,12-13H,5,8,11H2,1-2H3,(H,24,25)(H,21,22,23). The molecule has 0 aliphatic heterocycles. The van der Waals surface area contributed by atoms with Crippen molar-refractivity contribution in [1.82, 2.24) is 9.97 Å². The van der Waals surface area contributed by atoms with Gasteiger partial charge in [-0.25, -0.2) is 9.97 Å². The van der Waals surface area contributed by atoms with Gasteiger partial charge in [0.25, 0.3) is 0 Å². The number of aryl methyl sites for hydroxylation is 2. The zero-order valence-electron chi connectivity index (χ0n) is 14.5. The molecule has 0 aliphatic carbocycles. The lowest BCUT2D eigenvalue weighted by atomic mass is 10.1. The van der Waals surface area contributed by atoms with Gasteiger partial charge in [0.15, 0.2) is 0 Å². The first-order chi connectivity index (χ1) is 12.1. The Balaban J connectivity index is 1.50. The Morgan fingerprint density at radius 3 is 2.76 bits per heavy atom. The van der Waals surface area contributed by atoms with Gasteiger partial charge in [-0.05, 0) is 44.0 Å². The van der Waals surface area contributed by atoms with Crippen molar-refractivity contribution in [2.75, 3.05) is 17.2 Å². The second-order valence-corrected chi connectivity index (χ2v) is 6.14. The average Bonchev–Trinajstić information content (AvgIpc) is 2.61. The lowest BCUT2D eigenvalue weighted by Gasteiger charge is -2.10. The summed E-state index contributed by atoms with van der Waals surface area (Å²) in [6.07, 6.45) is 2.75. The third kappa shape index (κ3) is 4.32. The van der Waals surface area contributed by atoms with Gasteiger partial charge < -0.3 is 10.6 Å². The number of anilines is 2. The molecule has 0 fully saturated rings.